The Morgan fingerprint density at radius 2 is 2.00 bits per heavy atom. The predicted octanol–water partition coefficient (Wildman–Crippen LogP) is 3.79. The largest absolute Gasteiger partial charge is 0.478 e. The van der Waals surface area contributed by atoms with Gasteiger partial charge in [0.1, 0.15) is 5.82 Å². The van der Waals surface area contributed by atoms with Crippen LogP contribution in [0, 0.1) is 12.7 Å². The molecule has 2 aromatic carbocycles. The van der Waals surface area contributed by atoms with Crippen LogP contribution in [0.25, 0.3) is 22.3 Å². The summed E-state index contributed by atoms with van der Waals surface area (Å²) in [6, 6.07) is 11.3. The predicted molar refractivity (Wildman–Crippen MR) is 109 cm³/mol. The van der Waals surface area contributed by atoms with E-state index in [0.717, 1.165) is 5.56 Å². The summed E-state index contributed by atoms with van der Waals surface area (Å²) < 4.78 is 18.6. The van der Waals surface area contributed by atoms with Crippen molar-refractivity contribution in [1.29, 1.82) is 0 Å². The Bertz CT molecular complexity index is 1250. The highest BCUT2D eigenvalue weighted by atomic mass is 19.1. The fourth-order valence-corrected chi connectivity index (χ4v) is 3.28. The molecule has 0 unspecified atom stereocenters. The van der Waals surface area contributed by atoms with Crippen molar-refractivity contribution in [3.05, 3.63) is 65.1 Å². The molecule has 0 radical (unpaired) electrons. The number of hydrogen-bond acceptors (Lipinski definition) is 6. The molecule has 0 saturated carbocycles. The van der Waals surface area contributed by atoms with Crippen LogP contribution in [-0.2, 0) is 6.54 Å². The normalized spacial score (nSPS) is 10.9. The lowest BCUT2D eigenvalue weighted by Gasteiger charge is -2.09. The van der Waals surface area contributed by atoms with Gasteiger partial charge in [0.05, 0.1) is 18.2 Å². The van der Waals surface area contributed by atoms with E-state index in [-0.39, 0.29) is 23.3 Å². The molecule has 8 nitrogen and oxygen atoms in total. The van der Waals surface area contributed by atoms with Crippen LogP contribution in [0.15, 0.2) is 42.5 Å². The number of H-pyrrole nitrogens is 1. The lowest BCUT2D eigenvalue weighted by molar-refractivity contribution is 0.0699. The summed E-state index contributed by atoms with van der Waals surface area (Å²) in [6.45, 7) is 2.12. The molecule has 0 aliphatic carbocycles. The summed E-state index contributed by atoms with van der Waals surface area (Å²) >= 11 is 0. The number of anilines is 1. The number of carboxylic acids is 1. The number of carbonyl (C=O) groups is 1. The van der Waals surface area contributed by atoms with Crippen molar-refractivity contribution < 1.29 is 19.0 Å². The second-order valence-electron chi connectivity index (χ2n) is 6.61. The molecule has 0 spiro atoms. The Morgan fingerprint density at radius 1 is 1.20 bits per heavy atom. The van der Waals surface area contributed by atoms with E-state index in [1.165, 1.54) is 25.3 Å². The van der Waals surface area contributed by atoms with E-state index in [9.17, 15) is 14.3 Å². The standard InChI is InChI=1S/C21H18FN5O3/c1-11-16(14-7-4-8-15(19(28)29)17(14)24-11)18-25-20(27-21(26-18)30-2)23-10-12-5-3-6-13(22)9-12/h3-9,24H,10H2,1-2H3,(H,28,29)(H,23,25,26,27). The molecule has 4 aromatic rings. The first-order chi connectivity index (χ1) is 14.5. The molecule has 0 bridgehead atoms. The number of aromatic amines is 1. The average Bonchev–Trinajstić information content (AvgIpc) is 3.07. The SMILES string of the molecule is COc1nc(NCc2cccc(F)c2)nc(-c2c(C)[nH]c3c(C(=O)O)cccc23)n1. The molecule has 0 fully saturated rings. The number of ether oxygens (including phenoxy) is 1. The smallest absolute Gasteiger partial charge is 0.337 e. The highest BCUT2D eigenvalue weighted by molar-refractivity contribution is 6.07. The number of fused-ring (bicyclic) bond motifs is 1. The number of halogens is 1. The van der Waals surface area contributed by atoms with Crippen LogP contribution in [0.1, 0.15) is 21.6 Å². The molecule has 0 amide bonds. The molecular formula is C21H18FN5O3. The van der Waals surface area contributed by atoms with Gasteiger partial charge in [0.25, 0.3) is 0 Å². The third-order valence-electron chi connectivity index (χ3n) is 4.61. The number of aryl methyl sites for hydroxylation is 1. The van der Waals surface area contributed by atoms with Gasteiger partial charge in [-0.05, 0) is 30.7 Å². The second-order valence-corrected chi connectivity index (χ2v) is 6.61. The molecule has 0 atom stereocenters. The maximum Gasteiger partial charge on any atom is 0.337 e. The molecule has 0 aliphatic heterocycles. The van der Waals surface area contributed by atoms with Crippen molar-refractivity contribution in [3.63, 3.8) is 0 Å². The molecule has 3 N–H and O–H groups in total. The third-order valence-corrected chi connectivity index (χ3v) is 4.61. The number of nitrogens with zero attached hydrogens (tertiary/aromatic N) is 3. The van der Waals surface area contributed by atoms with Crippen LogP contribution >= 0.6 is 0 Å². The number of benzene rings is 2. The molecule has 4 rings (SSSR count). The maximum absolute atomic E-state index is 13.4. The zero-order chi connectivity index (χ0) is 21.3. The summed E-state index contributed by atoms with van der Waals surface area (Å²) in [6.07, 6.45) is 0. The van der Waals surface area contributed by atoms with E-state index in [4.69, 9.17) is 4.74 Å². The van der Waals surface area contributed by atoms with Crippen LogP contribution in [0.5, 0.6) is 6.01 Å². The molecule has 2 aromatic heterocycles. The Kier molecular flexibility index (Phi) is 5.01. The molecule has 152 valence electrons. The highest BCUT2D eigenvalue weighted by Gasteiger charge is 2.19. The quantitative estimate of drug-likeness (QED) is 0.446. The summed E-state index contributed by atoms with van der Waals surface area (Å²) in [5, 5.41) is 13.2. The first-order valence-corrected chi connectivity index (χ1v) is 9.09. The van der Waals surface area contributed by atoms with Crippen molar-refractivity contribution in [1.82, 2.24) is 19.9 Å². The Balaban J connectivity index is 1.76. The number of methoxy groups -OCH3 is 1. The van der Waals surface area contributed by atoms with E-state index in [1.54, 1.807) is 24.3 Å². The maximum atomic E-state index is 13.4. The Labute approximate surface area is 170 Å². The molecule has 2 heterocycles. The van der Waals surface area contributed by atoms with E-state index >= 15 is 0 Å². The number of nitrogens with one attached hydrogen (secondary N) is 2. The van der Waals surface area contributed by atoms with E-state index < -0.39 is 5.97 Å². The number of carboxylic acid groups (broad SMARTS) is 1. The molecule has 9 heteroatoms. The topological polar surface area (TPSA) is 113 Å². The zero-order valence-electron chi connectivity index (χ0n) is 16.2. The van der Waals surface area contributed by atoms with Gasteiger partial charge in [-0.3, -0.25) is 0 Å². The first kappa shape index (κ1) is 19.3. The second kappa shape index (κ2) is 7.78. The minimum atomic E-state index is -1.03. The number of rotatable bonds is 6. The van der Waals surface area contributed by atoms with Gasteiger partial charge in [0, 0.05) is 23.2 Å². The zero-order valence-corrected chi connectivity index (χ0v) is 16.2. The van der Waals surface area contributed by atoms with Crippen LogP contribution in [0.3, 0.4) is 0 Å². The van der Waals surface area contributed by atoms with Crippen LogP contribution in [0.4, 0.5) is 10.3 Å². The summed E-state index contributed by atoms with van der Waals surface area (Å²) in [7, 11) is 1.44. The van der Waals surface area contributed by atoms with Crippen LogP contribution < -0.4 is 10.1 Å². The van der Waals surface area contributed by atoms with E-state index in [0.29, 0.717) is 34.5 Å². The minimum Gasteiger partial charge on any atom is -0.478 e. The number of para-hydroxylation sites is 1. The van der Waals surface area contributed by atoms with Crippen LogP contribution in [-0.4, -0.2) is 38.1 Å². The monoisotopic (exact) mass is 407 g/mol. The van der Waals surface area contributed by atoms with Gasteiger partial charge in [-0.2, -0.15) is 15.0 Å². The Hall–Kier alpha value is -4.01. The van der Waals surface area contributed by atoms with Gasteiger partial charge in [-0.1, -0.05) is 24.3 Å². The summed E-state index contributed by atoms with van der Waals surface area (Å²) in [4.78, 5) is 27.7. The lowest BCUT2D eigenvalue weighted by Crippen LogP contribution is -2.07. The van der Waals surface area contributed by atoms with E-state index in [2.05, 4.69) is 25.3 Å². The van der Waals surface area contributed by atoms with Gasteiger partial charge in [0.2, 0.25) is 5.95 Å². The lowest BCUT2D eigenvalue weighted by atomic mass is 10.1. The highest BCUT2D eigenvalue weighted by Crippen LogP contribution is 2.32. The average molecular weight is 407 g/mol. The van der Waals surface area contributed by atoms with Gasteiger partial charge in [-0.25, -0.2) is 9.18 Å². The van der Waals surface area contributed by atoms with Gasteiger partial charge in [-0.15, -0.1) is 0 Å². The minimum absolute atomic E-state index is 0.102. The summed E-state index contributed by atoms with van der Waals surface area (Å²) in [5.74, 6) is -0.773. The van der Waals surface area contributed by atoms with Crippen molar-refractivity contribution in [2.24, 2.45) is 0 Å². The first-order valence-electron chi connectivity index (χ1n) is 9.09. The summed E-state index contributed by atoms with van der Waals surface area (Å²) in [5.41, 5.74) is 2.74. The van der Waals surface area contributed by atoms with Crippen LogP contribution in [0.2, 0.25) is 0 Å². The third kappa shape index (κ3) is 3.64. The number of aromatic carboxylic acids is 1. The van der Waals surface area contributed by atoms with Gasteiger partial charge < -0.3 is 20.1 Å². The molecular weight excluding hydrogens is 389 g/mol. The molecule has 0 saturated heterocycles. The Morgan fingerprint density at radius 3 is 2.73 bits per heavy atom. The fourth-order valence-electron chi connectivity index (χ4n) is 3.28. The number of aromatic nitrogens is 4. The van der Waals surface area contributed by atoms with Crippen molar-refractivity contribution >= 4 is 22.8 Å². The van der Waals surface area contributed by atoms with Gasteiger partial charge >= 0.3 is 12.0 Å². The van der Waals surface area contributed by atoms with Gasteiger partial charge in [0.15, 0.2) is 5.82 Å². The van der Waals surface area contributed by atoms with Crippen molar-refractivity contribution in [2.45, 2.75) is 13.5 Å². The van der Waals surface area contributed by atoms with Crippen molar-refractivity contribution in [2.75, 3.05) is 12.4 Å². The van der Waals surface area contributed by atoms with E-state index in [1.807, 2.05) is 6.92 Å². The van der Waals surface area contributed by atoms with Crippen molar-refractivity contribution in [3.8, 4) is 17.4 Å². The number of hydrogen-bond donors (Lipinski definition) is 3. The molecule has 30 heavy (non-hydrogen) atoms. The fraction of sp³-hybridized carbons (Fsp3) is 0.143. The molecule has 0 aliphatic rings.